The summed E-state index contributed by atoms with van der Waals surface area (Å²) in [6, 6.07) is 0. The molecule has 0 aliphatic carbocycles. The van der Waals surface area contributed by atoms with Crippen LogP contribution in [0.1, 0.15) is 48.0 Å². The Morgan fingerprint density at radius 1 is 1.23 bits per heavy atom. The highest BCUT2D eigenvalue weighted by Crippen LogP contribution is 2.46. The van der Waals surface area contributed by atoms with Gasteiger partial charge in [-0.1, -0.05) is 0 Å². The normalized spacial score (nSPS) is 32.1. The summed E-state index contributed by atoms with van der Waals surface area (Å²) in [6.45, 7) is 12.0. The minimum Gasteiger partial charge on any atom is -0.390 e. The van der Waals surface area contributed by atoms with E-state index in [-0.39, 0.29) is 17.1 Å². The third-order valence-electron chi connectivity index (χ3n) is 2.93. The molecular weight excluding hydrogens is 164 g/mol. The van der Waals surface area contributed by atoms with E-state index in [1.165, 1.54) is 0 Å². The van der Waals surface area contributed by atoms with Crippen molar-refractivity contribution in [3.63, 3.8) is 0 Å². The maximum Gasteiger partial charge on any atom is 0.0690 e. The number of ether oxygens (including phenoxy) is 1. The Bertz CT molecular complexity index is 199. The van der Waals surface area contributed by atoms with Crippen molar-refractivity contribution in [3.8, 4) is 0 Å². The predicted molar refractivity (Wildman–Crippen MR) is 53.6 cm³/mol. The van der Waals surface area contributed by atoms with Gasteiger partial charge in [-0.25, -0.2) is 0 Å². The number of hydrogen-bond acceptors (Lipinski definition) is 2. The van der Waals surface area contributed by atoms with E-state index >= 15 is 0 Å². The van der Waals surface area contributed by atoms with Crippen LogP contribution in [0.2, 0.25) is 0 Å². The molecule has 1 unspecified atom stereocenters. The van der Waals surface area contributed by atoms with Gasteiger partial charge in [0.15, 0.2) is 0 Å². The molecule has 0 aromatic carbocycles. The molecule has 1 saturated heterocycles. The Morgan fingerprint density at radius 2 is 1.69 bits per heavy atom. The van der Waals surface area contributed by atoms with E-state index in [0.29, 0.717) is 0 Å². The summed E-state index contributed by atoms with van der Waals surface area (Å²) in [5.41, 5.74) is -0.979. The standard InChI is InChI=1S/C11H22O2/c1-9(2)7-8(10(3,4)12)11(5,6)13-9/h8,12H,7H2,1-6H3. The lowest BCUT2D eigenvalue weighted by molar-refractivity contribution is -0.103. The maximum atomic E-state index is 10.0. The first-order valence-corrected chi connectivity index (χ1v) is 4.97. The fraction of sp³-hybridized carbons (Fsp3) is 1.00. The summed E-state index contributed by atoms with van der Waals surface area (Å²) in [6.07, 6.45) is 0.920. The van der Waals surface area contributed by atoms with Gasteiger partial charge in [-0.3, -0.25) is 0 Å². The fourth-order valence-corrected chi connectivity index (χ4v) is 2.66. The van der Waals surface area contributed by atoms with E-state index in [1.54, 1.807) is 0 Å². The van der Waals surface area contributed by atoms with Gasteiger partial charge in [-0.2, -0.15) is 0 Å². The molecule has 0 bridgehead atoms. The maximum absolute atomic E-state index is 10.0. The summed E-state index contributed by atoms with van der Waals surface area (Å²) >= 11 is 0. The molecule has 2 nitrogen and oxygen atoms in total. The van der Waals surface area contributed by atoms with Crippen molar-refractivity contribution in [2.24, 2.45) is 5.92 Å². The van der Waals surface area contributed by atoms with Gasteiger partial charge in [-0.15, -0.1) is 0 Å². The van der Waals surface area contributed by atoms with Crippen molar-refractivity contribution in [1.29, 1.82) is 0 Å². The van der Waals surface area contributed by atoms with Gasteiger partial charge in [0.1, 0.15) is 0 Å². The predicted octanol–water partition coefficient (Wildman–Crippen LogP) is 2.35. The Kier molecular flexibility index (Phi) is 2.29. The Hall–Kier alpha value is -0.0800. The van der Waals surface area contributed by atoms with E-state index in [1.807, 2.05) is 13.8 Å². The SMILES string of the molecule is CC1(C)CC(C(C)(C)O)C(C)(C)O1. The fourth-order valence-electron chi connectivity index (χ4n) is 2.66. The van der Waals surface area contributed by atoms with Gasteiger partial charge in [0.05, 0.1) is 16.8 Å². The van der Waals surface area contributed by atoms with Crippen molar-refractivity contribution in [2.45, 2.75) is 64.8 Å². The van der Waals surface area contributed by atoms with E-state index in [2.05, 4.69) is 27.7 Å². The molecule has 1 heterocycles. The molecule has 0 amide bonds. The lowest BCUT2D eigenvalue weighted by Crippen LogP contribution is -2.42. The van der Waals surface area contributed by atoms with Crippen LogP contribution in [0.5, 0.6) is 0 Å². The average Bonchev–Trinajstić information content (AvgIpc) is 1.97. The lowest BCUT2D eigenvalue weighted by Gasteiger charge is -2.34. The van der Waals surface area contributed by atoms with E-state index in [4.69, 9.17) is 4.74 Å². The Morgan fingerprint density at radius 3 is 1.85 bits per heavy atom. The first-order valence-electron chi connectivity index (χ1n) is 4.97. The van der Waals surface area contributed by atoms with Gasteiger partial charge < -0.3 is 9.84 Å². The second-order valence-corrected chi connectivity index (χ2v) is 5.88. The van der Waals surface area contributed by atoms with Crippen molar-refractivity contribution in [2.75, 3.05) is 0 Å². The number of rotatable bonds is 1. The Balaban J connectivity index is 2.89. The molecule has 1 aliphatic rings. The quantitative estimate of drug-likeness (QED) is 0.681. The van der Waals surface area contributed by atoms with Crippen molar-refractivity contribution in [3.05, 3.63) is 0 Å². The first kappa shape index (κ1) is 11.0. The first-order chi connectivity index (χ1) is 5.55. The van der Waals surface area contributed by atoms with Crippen molar-refractivity contribution >= 4 is 0 Å². The van der Waals surface area contributed by atoms with Crippen LogP contribution >= 0.6 is 0 Å². The van der Waals surface area contributed by atoms with Crippen molar-refractivity contribution in [1.82, 2.24) is 0 Å². The zero-order chi connectivity index (χ0) is 10.5. The second kappa shape index (κ2) is 2.71. The molecule has 0 saturated carbocycles. The molecule has 0 aromatic rings. The average molecular weight is 186 g/mol. The zero-order valence-corrected chi connectivity index (χ0v) is 9.64. The summed E-state index contributed by atoms with van der Waals surface area (Å²) in [5, 5.41) is 10.0. The molecule has 1 atom stereocenters. The van der Waals surface area contributed by atoms with Crippen LogP contribution in [0.25, 0.3) is 0 Å². The number of hydrogen-bond donors (Lipinski definition) is 1. The minimum atomic E-state index is -0.655. The third kappa shape index (κ3) is 2.23. The van der Waals surface area contributed by atoms with Crippen LogP contribution in [0, 0.1) is 5.92 Å². The monoisotopic (exact) mass is 186 g/mol. The molecule has 0 radical (unpaired) electrons. The molecule has 1 rings (SSSR count). The topological polar surface area (TPSA) is 29.5 Å². The summed E-state index contributed by atoms with van der Waals surface area (Å²) in [7, 11) is 0. The van der Waals surface area contributed by atoms with E-state index < -0.39 is 5.60 Å². The molecule has 0 spiro atoms. The van der Waals surface area contributed by atoms with E-state index in [9.17, 15) is 5.11 Å². The zero-order valence-electron chi connectivity index (χ0n) is 9.64. The minimum absolute atomic E-state index is 0.103. The van der Waals surface area contributed by atoms with Gasteiger partial charge >= 0.3 is 0 Å². The van der Waals surface area contributed by atoms with Gasteiger partial charge in [0, 0.05) is 5.92 Å². The molecule has 2 heteroatoms. The largest absolute Gasteiger partial charge is 0.390 e. The van der Waals surface area contributed by atoms with Gasteiger partial charge in [-0.05, 0) is 48.0 Å². The van der Waals surface area contributed by atoms with Crippen LogP contribution in [0.4, 0.5) is 0 Å². The molecule has 1 aliphatic heterocycles. The lowest BCUT2D eigenvalue weighted by atomic mass is 9.76. The molecule has 1 N–H and O–H groups in total. The van der Waals surface area contributed by atoms with Crippen LogP contribution < -0.4 is 0 Å². The Labute approximate surface area is 81.3 Å². The van der Waals surface area contributed by atoms with Crippen LogP contribution in [-0.2, 0) is 4.74 Å². The van der Waals surface area contributed by atoms with Crippen LogP contribution in [-0.4, -0.2) is 21.9 Å². The highest BCUT2D eigenvalue weighted by molar-refractivity contribution is 5.00. The summed E-state index contributed by atoms with van der Waals surface area (Å²) in [4.78, 5) is 0. The summed E-state index contributed by atoms with van der Waals surface area (Å²) < 4.78 is 5.92. The third-order valence-corrected chi connectivity index (χ3v) is 2.93. The van der Waals surface area contributed by atoms with Crippen LogP contribution in [0.3, 0.4) is 0 Å². The van der Waals surface area contributed by atoms with Gasteiger partial charge in [0.2, 0.25) is 0 Å². The molecule has 0 aromatic heterocycles. The molecule has 78 valence electrons. The molecule has 1 fully saturated rings. The highest BCUT2D eigenvalue weighted by atomic mass is 16.5. The van der Waals surface area contributed by atoms with Crippen LogP contribution in [0.15, 0.2) is 0 Å². The highest BCUT2D eigenvalue weighted by Gasteiger charge is 2.51. The second-order valence-electron chi connectivity index (χ2n) is 5.88. The smallest absolute Gasteiger partial charge is 0.0690 e. The molecule has 13 heavy (non-hydrogen) atoms. The summed E-state index contributed by atoms with van der Waals surface area (Å²) in [5.74, 6) is 0.204. The van der Waals surface area contributed by atoms with Gasteiger partial charge in [0.25, 0.3) is 0 Å². The number of aliphatic hydroxyl groups is 1. The van der Waals surface area contributed by atoms with E-state index in [0.717, 1.165) is 6.42 Å². The van der Waals surface area contributed by atoms with Crippen molar-refractivity contribution < 1.29 is 9.84 Å². The molecular formula is C11H22O2.